The average molecular weight is 2080 g/mol. The normalized spacial score (nSPS) is 11.0. The standard InChI is InChI=1S/C18H17N4O2.C17H17N4O3.C16H12F3N4O2.C16H13F2N4O2.C16H15N4O3.5Y/c1-21-18(23)22(20-19-21)17-9-5-8-15(13-10-11-13)16(17)12-24-14-6-3-2-4-7-14;1-3-23-16-11-7-10-15(21-17(22)20(2)18-19-21)14(16)12-24-13-8-5-4-6-9-13;1-22-15(24)23(21-20-22)14-9-5-8-13(16(17,18)19)12(14)10-25-11-6-3-2-4-7-11;1-21-16(23)22(20-19-21)14-9-5-8-12(15(17)18)13(14)10-24-11-6-3-2-4-7-11;1-19-16(21)20(18-17-19)14-9-6-10-15(22-2)13(14)11-23-12-7-4-3-5-8-12;;;;;/h2-3,5-9,13H,10-12H2,1H3;4-5,7-11H,3,12H2,1-2H3;2-3,5-9H,10H2,1H3;2-3,5-9,15H,10H2,1H3;3-4,6-10H,11H2,1-2H3;;;;;/q5*-1;;;;;. The van der Waals surface area contributed by atoms with Crippen molar-refractivity contribution < 1.29 is 219 Å². The molecule has 16 rings (SSSR count). The van der Waals surface area contributed by atoms with E-state index >= 15 is 0 Å². The van der Waals surface area contributed by atoms with Crippen LogP contribution in [-0.2, 0) is 238 Å². The van der Waals surface area contributed by atoms with E-state index in [2.05, 4.69) is 88.5 Å². The van der Waals surface area contributed by atoms with Gasteiger partial charge in [0.2, 0.25) is 0 Å². The number of tetrazole rings is 5. The second-order valence-corrected chi connectivity index (χ2v) is 25.8. The fraction of sp³-hybridized carbons (Fsp3) is 0.217. The van der Waals surface area contributed by atoms with Crippen molar-refractivity contribution in [3.05, 3.63) is 340 Å². The van der Waals surface area contributed by atoms with Crippen LogP contribution >= 0.6 is 0 Å². The maximum Gasteiger partial charge on any atom is 0.416 e. The van der Waals surface area contributed by atoms with E-state index in [1.165, 1.54) is 92.3 Å². The second kappa shape index (κ2) is 49.4. The number of hydrogen-bond acceptors (Lipinski definition) is 22. The SMILES string of the molecule is CCOc1cccc(-n2nnn(C)c2=O)c1COc1c[c-]ccc1.COc1cccc(-n2nnn(C)c2=O)c1COc1c[c-]ccc1.Cn1nnn(-c2cccc(C(F)(F)F)c2COc2c[c-]ccc2)c1=O.Cn1nnn(-c2cccc(C(F)F)c2COc2c[c-]ccc2)c1=O.Cn1nnn(-c2cccc(C3CC3)c2COc2c[c-]ccc2)c1=O.[Y].[Y].[Y].[Y].[Y]. The Morgan fingerprint density at radius 2 is 0.648 bits per heavy atom. The largest absolute Gasteiger partial charge is 0.547 e. The van der Waals surface area contributed by atoms with E-state index < -0.39 is 36.2 Å². The zero-order valence-corrected chi connectivity index (χ0v) is 82.3. The van der Waals surface area contributed by atoms with Crippen LogP contribution < -0.4 is 61.6 Å². The molecule has 1 aliphatic carbocycles. The van der Waals surface area contributed by atoms with Gasteiger partial charge in [0, 0.05) is 250 Å². The summed E-state index contributed by atoms with van der Waals surface area (Å²) in [6.45, 7) is 2.70. The topological polar surface area (TPSA) is 328 Å². The van der Waals surface area contributed by atoms with Crippen molar-refractivity contribution in [3.8, 4) is 68.7 Å². The number of aryl methyl sites for hydroxylation is 5. The number of alkyl halides is 5. The quantitative estimate of drug-likeness (QED) is 0.0379. The minimum atomic E-state index is -4.61. The van der Waals surface area contributed by atoms with Crippen molar-refractivity contribution in [1.82, 2.24) is 99.0 Å². The molecule has 633 valence electrons. The second-order valence-electron chi connectivity index (χ2n) is 25.8. The van der Waals surface area contributed by atoms with E-state index in [0.29, 0.717) is 70.6 Å². The summed E-state index contributed by atoms with van der Waals surface area (Å²) in [7, 11) is 9.04. The van der Waals surface area contributed by atoms with E-state index in [1.807, 2.05) is 67.6 Å². The number of ether oxygens (including phenoxy) is 7. The summed E-state index contributed by atoms with van der Waals surface area (Å²) >= 11 is 0. The van der Waals surface area contributed by atoms with Gasteiger partial charge < -0.3 is 33.2 Å². The molecule has 0 unspecified atom stereocenters. The Morgan fingerprint density at radius 1 is 0.360 bits per heavy atom. The number of nitrogens with zero attached hydrogens (tertiary/aromatic N) is 20. The zero-order valence-electron chi connectivity index (χ0n) is 68.1. The predicted molar refractivity (Wildman–Crippen MR) is 421 cm³/mol. The summed E-state index contributed by atoms with van der Waals surface area (Å²) in [5.41, 5.74) is 2.45. The third-order valence-electron chi connectivity index (χ3n) is 17.9. The number of hydrogen-bond donors (Lipinski definition) is 0. The minimum Gasteiger partial charge on any atom is -0.547 e. The minimum absolute atomic E-state index is 0. The number of methoxy groups -OCH3 is 1. The Balaban J connectivity index is 0.000000212. The Bertz CT molecular complexity index is 6100. The first kappa shape index (κ1) is 102. The third kappa shape index (κ3) is 26.7. The Hall–Kier alpha value is -9.68. The molecule has 125 heavy (non-hydrogen) atoms. The molecule has 32 nitrogen and oxygen atoms in total. The number of benzene rings is 10. The van der Waals surface area contributed by atoms with E-state index in [0.717, 1.165) is 52.0 Å². The molecule has 1 fully saturated rings. The molecule has 0 spiro atoms. The molecule has 5 heterocycles. The Morgan fingerprint density at radius 3 is 0.952 bits per heavy atom. The molecule has 0 aliphatic heterocycles. The van der Waals surface area contributed by atoms with Gasteiger partial charge in [-0.3, -0.25) is 0 Å². The third-order valence-corrected chi connectivity index (χ3v) is 17.9. The molecule has 0 saturated heterocycles. The van der Waals surface area contributed by atoms with E-state index in [-0.39, 0.29) is 229 Å². The van der Waals surface area contributed by atoms with Gasteiger partial charge in [0.05, 0.1) is 78.7 Å². The molecule has 15 aromatic rings. The first-order chi connectivity index (χ1) is 58.1. The van der Waals surface area contributed by atoms with Crippen LogP contribution in [0.15, 0.2) is 236 Å². The molecule has 0 bridgehead atoms. The molecular weight excluding hydrogens is 2010 g/mol. The number of rotatable bonds is 25. The molecule has 0 amide bonds. The summed E-state index contributed by atoms with van der Waals surface area (Å²) < 4.78 is 118. The summed E-state index contributed by atoms with van der Waals surface area (Å²) in [4.78, 5) is 60.6. The van der Waals surface area contributed by atoms with Gasteiger partial charge in [0.25, 0.3) is 6.43 Å². The average Bonchev–Trinajstić information content (AvgIpc) is 1.48. The monoisotopic (exact) mass is 2080 g/mol. The first-order valence-electron chi connectivity index (χ1n) is 36.6. The van der Waals surface area contributed by atoms with Gasteiger partial charge in [-0.15, -0.1) is 60.7 Å². The Labute approximate surface area is 836 Å². The van der Waals surface area contributed by atoms with Gasteiger partial charge in [0.15, 0.2) is 0 Å². The van der Waals surface area contributed by atoms with Crippen LogP contribution in [0.5, 0.6) is 40.2 Å². The fourth-order valence-corrected chi connectivity index (χ4v) is 11.8. The van der Waals surface area contributed by atoms with Crippen LogP contribution in [0.25, 0.3) is 28.4 Å². The van der Waals surface area contributed by atoms with Gasteiger partial charge >= 0.3 is 34.6 Å². The molecule has 0 atom stereocenters. The molecule has 42 heteroatoms. The molecular formula is C83H74F5N20O12Y5-5. The molecule has 1 saturated carbocycles. The maximum absolute atomic E-state index is 13.4. The van der Waals surface area contributed by atoms with Crippen LogP contribution in [0.2, 0.25) is 0 Å². The summed E-state index contributed by atoms with van der Waals surface area (Å²) in [6, 6.07) is 74.0. The van der Waals surface area contributed by atoms with Crippen LogP contribution in [0, 0.1) is 30.3 Å². The molecule has 0 N–H and O–H groups in total. The zero-order chi connectivity index (χ0) is 84.8. The molecule has 5 aromatic heterocycles. The smallest absolute Gasteiger partial charge is 0.416 e. The van der Waals surface area contributed by atoms with Crippen LogP contribution in [0.1, 0.15) is 76.6 Å². The first-order valence-corrected chi connectivity index (χ1v) is 36.6. The van der Waals surface area contributed by atoms with Gasteiger partial charge in [-0.1, -0.05) is 42.5 Å². The molecule has 10 aromatic carbocycles. The van der Waals surface area contributed by atoms with Gasteiger partial charge in [-0.05, 0) is 132 Å². The van der Waals surface area contributed by atoms with Crippen molar-refractivity contribution >= 4 is 0 Å². The summed E-state index contributed by atoms with van der Waals surface area (Å²) in [5, 5.41) is 37.5. The van der Waals surface area contributed by atoms with Gasteiger partial charge in [0.1, 0.15) is 24.7 Å². The van der Waals surface area contributed by atoms with Crippen molar-refractivity contribution in [2.75, 3.05) is 13.7 Å². The fourth-order valence-electron chi connectivity index (χ4n) is 11.8. The van der Waals surface area contributed by atoms with Crippen LogP contribution in [0.3, 0.4) is 0 Å². The number of halogens is 5. The van der Waals surface area contributed by atoms with Crippen LogP contribution in [0.4, 0.5) is 22.0 Å². The Kier molecular flexibility index (Phi) is 40.5. The maximum atomic E-state index is 13.4. The van der Waals surface area contributed by atoms with Gasteiger partial charge in [-0.2, -0.15) is 151 Å². The van der Waals surface area contributed by atoms with Crippen molar-refractivity contribution in [3.63, 3.8) is 0 Å². The van der Waals surface area contributed by atoms with E-state index in [4.69, 9.17) is 33.2 Å². The van der Waals surface area contributed by atoms with E-state index in [1.54, 1.807) is 131 Å². The molecule has 1 aliphatic rings. The van der Waals surface area contributed by atoms with E-state index in [9.17, 15) is 45.9 Å². The summed E-state index contributed by atoms with van der Waals surface area (Å²) in [5.74, 6) is 4.75. The van der Waals surface area contributed by atoms with Gasteiger partial charge in [-0.25, -0.2) is 32.8 Å². The predicted octanol–water partition coefficient (Wildman–Crippen LogP) is 9.95. The van der Waals surface area contributed by atoms with Crippen molar-refractivity contribution in [2.24, 2.45) is 35.2 Å². The summed E-state index contributed by atoms with van der Waals surface area (Å²) in [6.07, 6.45) is -4.97. The molecule has 5 radical (unpaired) electrons. The number of aromatic nitrogens is 20. The van der Waals surface area contributed by atoms with Crippen LogP contribution in [-0.4, -0.2) is 113 Å². The van der Waals surface area contributed by atoms with Crippen molar-refractivity contribution in [2.45, 2.75) is 71.3 Å². The van der Waals surface area contributed by atoms with Crippen molar-refractivity contribution in [1.29, 1.82) is 0 Å².